The maximum Gasteiger partial charge on any atom is 0.222 e. The molecule has 1 aliphatic rings. The summed E-state index contributed by atoms with van der Waals surface area (Å²) in [6.07, 6.45) is 2.16. The van der Waals surface area contributed by atoms with Gasteiger partial charge in [-0.05, 0) is 24.1 Å². The number of benzene rings is 1. The third-order valence-corrected chi connectivity index (χ3v) is 2.97. The van der Waals surface area contributed by atoms with E-state index in [0.717, 1.165) is 24.1 Å². The topological polar surface area (TPSA) is 40.5 Å². The van der Waals surface area contributed by atoms with Gasteiger partial charge in [0.1, 0.15) is 0 Å². The SMILES string of the molecule is O=C1CCCN1Cc1ccc(C#CCCO)cc1. The highest BCUT2D eigenvalue weighted by molar-refractivity contribution is 5.78. The normalized spacial score (nSPS) is 14.5. The van der Waals surface area contributed by atoms with Crippen molar-refractivity contribution in [2.45, 2.75) is 25.8 Å². The Kier molecular flexibility index (Phi) is 4.38. The average molecular weight is 243 g/mol. The van der Waals surface area contributed by atoms with Gasteiger partial charge in [-0.2, -0.15) is 0 Å². The van der Waals surface area contributed by atoms with Crippen LogP contribution in [0.3, 0.4) is 0 Å². The number of likely N-dealkylation sites (tertiary alicyclic amines) is 1. The Bertz CT molecular complexity index is 468. The minimum atomic E-state index is 0.0994. The van der Waals surface area contributed by atoms with Crippen molar-refractivity contribution in [1.29, 1.82) is 0 Å². The first-order valence-electron chi connectivity index (χ1n) is 6.26. The Morgan fingerprint density at radius 2 is 2.06 bits per heavy atom. The molecule has 18 heavy (non-hydrogen) atoms. The van der Waals surface area contributed by atoms with Crippen LogP contribution in [0.2, 0.25) is 0 Å². The molecule has 1 aromatic carbocycles. The second-order valence-electron chi connectivity index (χ2n) is 4.39. The second kappa shape index (κ2) is 6.23. The van der Waals surface area contributed by atoms with Crippen LogP contribution in [0.5, 0.6) is 0 Å². The molecule has 2 rings (SSSR count). The zero-order chi connectivity index (χ0) is 12.8. The minimum Gasteiger partial charge on any atom is -0.395 e. The highest BCUT2D eigenvalue weighted by atomic mass is 16.2. The van der Waals surface area contributed by atoms with Crippen molar-refractivity contribution in [1.82, 2.24) is 4.90 Å². The van der Waals surface area contributed by atoms with Crippen LogP contribution in [-0.2, 0) is 11.3 Å². The van der Waals surface area contributed by atoms with Crippen molar-refractivity contribution in [3.05, 3.63) is 35.4 Å². The van der Waals surface area contributed by atoms with E-state index in [4.69, 9.17) is 5.11 Å². The van der Waals surface area contributed by atoms with E-state index >= 15 is 0 Å². The van der Waals surface area contributed by atoms with Gasteiger partial charge in [0.15, 0.2) is 0 Å². The molecule has 3 nitrogen and oxygen atoms in total. The summed E-state index contributed by atoms with van der Waals surface area (Å²) in [5, 5.41) is 8.63. The maximum absolute atomic E-state index is 11.5. The van der Waals surface area contributed by atoms with Crippen LogP contribution in [0.1, 0.15) is 30.4 Å². The zero-order valence-corrected chi connectivity index (χ0v) is 10.4. The quantitative estimate of drug-likeness (QED) is 0.818. The van der Waals surface area contributed by atoms with E-state index in [-0.39, 0.29) is 12.5 Å². The fourth-order valence-corrected chi connectivity index (χ4v) is 2.01. The van der Waals surface area contributed by atoms with Crippen molar-refractivity contribution in [3.63, 3.8) is 0 Å². The van der Waals surface area contributed by atoms with Gasteiger partial charge in [-0.25, -0.2) is 0 Å². The molecule has 1 fully saturated rings. The molecule has 0 atom stereocenters. The number of rotatable bonds is 3. The van der Waals surface area contributed by atoms with Gasteiger partial charge in [-0.15, -0.1) is 0 Å². The zero-order valence-electron chi connectivity index (χ0n) is 10.4. The molecule has 1 amide bonds. The van der Waals surface area contributed by atoms with Crippen LogP contribution < -0.4 is 0 Å². The molecule has 1 N–H and O–H groups in total. The molecule has 0 aromatic heterocycles. The number of amides is 1. The smallest absolute Gasteiger partial charge is 0.222 e. The standard InChI is InChI=1S/C15H17NO2/c17-11-2-1-4-13-6-8-14(9-7-13)12-16-10-3-5-15(16)18/h6-9,17H,2-3,5,10-12H2. The third kappa shape index (κ3) is 3.35. The number of carbonyl (C=O) groups excluding carboxylic acids is 1. The fraction of sp³-hybridized carbons (Fsp3) is 0.400. The van der Waals surface area contributed by atoms with Gasteiger partial charge in [-0.3, -0.25) is 4.79 Å². The molecule has 94 valence electrons. The number of carbonyl (C=O) groups is 1. The summed E-state index contributed by atoms with van der Waals surface area (Å²) in [4.78, 5) is 13.4. The lowest BCUT2D eigenvalue weighted by molar-refractivity contribution is -0.128. The van der Waals surface area contributed by atoms with Crippen LogP contribution >= 0.6 is 0 Å². The van der Waals surface area contributed by atoms with Crippen LogP contribution in [0.4, 0.5) is 0 Å². The summed E-state index contributed by atoms with van der Waals surface area (Å²) in [5.41, 5.74) is 2.08. The Morgan fingerprint density at radius 1 is 1.28 bits per heavy atom. The van der Waals surface area contributed by atoms with Crippen LogP contribution in [0.15, 0.2) is 24.3 Å². The lowest BCUT2D eigenvalue weighted by Crippen LogP contribution is -2.23. The molecule has 1 aliphatic heterocycles. The molecule has 0 unspecified atom stereocenters. The number of hydrogen-bond donors (Lipinski definition) is 1. The molecular formula is C15H17NO2. The molecule has 0 saturated carbocycles. The van der Waals surface area contributed by atoms with Crippen molar-refractivity contribution >= 4 is 5.91 Å². The molecule has 1 aromatic rings. The molecular weight excluding hydrogens is 226 g/mol. The highest BCUT2D eigenvalue weighted by Crippen LogP contribution is 2.14. The Morgan fingerprint density at radius 3 is 2.67 bits per heavy atom. The molecule has 0 aliphatic carbocycles. The first-order chi connectivity index (χ1) is 8.79. The Balaban J connectivity index is 1.95. The van der Waals surface area contributed by atoms with Gasteiger partial charge in [0.25, 0.3) is 0 Å². The molecule has 0 radical (unpaired) electrons. The number of aliphatic hydroxyl groups excluding tert-OH is 1. The first-order valence-corrected chi connectivity index (χ1v) is 6.26. The van der Waals surface area contributed by atoms with Crippen molar-refractivity contribution in [2.24, 2.45) is 0 Å². The third-order valence-electron chi connectivity index (χ3n) is 2.97. The van der Waals surface area contributed by atoms with Gasteiger partial charge >= 0.3 is 0 Å². The van der Waals surface area contributed by atoms with Gasteiger partial charge in [-0.1, -0.05) is 24.0 Å². The lowest BCUT2D eigenvalue weighted by atomic mass is 10.1. The summed E-state index contributed by atoms with van der Waals surface area (Å²) in [6, 6.07) is 7.93. The number of nitrogens with zero attached hydrogens (tertiary/aromatic N) is 1. The monoisotopic (exact) mass is 243 g/mol. The van der Waals surface area contributed by atoms with E-state index in [1.165, 1.54) is 0 Å². The van der Waals surface area contributed by atoms with E-state index in [1.807, 2.05) is 29.2 Å². The first kappa shape index (κ1) is 12.7. The van der Waals surface area contributed by atoms with E-state index < -0.39 is 0 Å². The summed E-state index contributed by atoms with van der Waals surface area (Å²) in [6.45, 7) is 1.67. The van der Waals surface area contributed by atoms with Crippen molar-refractivity contribution < 1.29 is 9.90 Å². The highest BCUT2D eigenvalue weighted by Gasteiger charge is 2.19. The van der Waals surface area contributed by atoms with Crippen LogP contribution in [0, 0.1) is 11.8 Å². The van der Waals surface area contributed by atoms with Crippen molar-refractivity contribution in [3.8, 4) is 11.8 Å². The molecule has 1 heterocycles. The average Bonchev–Trinajstić information content (AvgIpc) is 2.78. The minimum absolute atomic E-state index is 0.0994. The number of hydrogen-bond acceptors (Lipinski definition) is 2. The number of aliphatic hydroxyl groups is 1. The molecule has 3 heteroatoms. The van der Waals surface area contributed by atoms with Crippen molar-refractivity contribution in [2.75, 3.05) is 13.2 Å². The summed E-state index contributed by atoms with van der Waals surface area (Å²) in [5.74, 6) is 6.12. The predicted octanol–water partition coefficient (Wildman–Crippen LogP) is 1.54. The van der Waals surface area contributed by atoms with Crippen LogP contribution in [-0.4, -0.2) is 29.1 Å². The largest absolute Gasteiger partial charge is 0.395 e. The molecule has 0 bridgehead atoms. The fourth-order valence-electron chi connectivity index (χ4n) is 2.01. The summed E-state index contributed by atoms with van der Waals surface area (Å²) < 4.78 is 0. The summed E-state index contributed by atoms with van der Waals surface area (Å²) >= 11 is 0. The van der Waals surface area contributed by atoms with Gasteiger partial charge in [0.05, 0.1) is 6.61 Å². The van der Waals surface area contributed by atoms with Crippen LogP contribution in [0.25, 0.3) is 0 Å². The van der Waals surface area contributed by atoms with E-state index in [9.17, 15) is 4.79 Å². The Labute approximate surface area is 107 Å². The van der Waals surface area contributed by atoms with Gasteiger partial charge in [0.2, 0.25) is 5.91 Å². The van der Waals surface area contributed by atoms with E-state index in [2.05, 4.69) is 11.8 Å². The molecule has 1 saturated heterocycles. The molecule has 0 spiro atoms. The Hall–Kier alpha value is -1.79. The lowest BCUT2D eigenvalue weighted by Gasteiger charge is -2.15. The van der Waals surface area contributed by atoms with Gasteiger partial charge < -0.3 is 10.0 Å². The predicted molar refractivity (Wildman–Crippen MR) is 69.7 cm³/mol. The second-order valence-corrected chi connectivity index (χ2v) is 4.39. The van der Waals surface area contributed by atoms with Gasteiger partial charge in [0, 0.05) is 31.5 Å². The van der Waals surface area contributed by atoms with E-state index in [0.29, 0.717) is 19.4 Å². The maximum atomic E-state index is 11.5. The van der Waals surface area contributed by atoms with E-state index in [1.54, 1.807) is 0 Å². The summed E-state index contributed by atoms with van der Waals surface area (Å²) in [7, 11) is 0.